The van der Waals surface area contributed by atoms with E-state index in [2.05, 4.69) is 5.32 Å². The Morgan fingerprint density at radius 3 is 2.78 bits per heavy atom. The van der Waals surface area contributed by atoms with Crippen molar-refractivity contribution >= 4 is 15.9 Å². The third kappa shape index (κ3) is 2.62. The minimum Gasteiger partial charge on any atom is -0.508 e. The van der Waals surface area contributed by atoms with Gasteiger partial charge in [0.2, 0.25) is 15.9 Å². The van der Waals surface area contributed by atoms with E-state index in [4.69, 9.17) is 0 Å². The van der Waals surface area contributed by atoms with Crippen molar-refractivity contribution in [3.8, 4) is 5.75 Å². The molecule has 7 heteroatoms. The van der Waals surface area contributed by atoms with Crippen molar-refractivity contribution in [3.63, 3.8) is 0 Å². The molecule has 0 spiro atoms. The molecule has 0 bridgehead atoms. The molecule has 0 radical (unpaired) electrons. The molecule has 1 amide bonds. The van der Waals surface area contributed by atoms with Crippen LogP contribution in [-0.4, -0.2) is 43.4 Å². The Hall–Kier alpha value is -1.60. The van der Waals surface area contributed by atoms with Gasteiger partial charge in [-0.05, 0) is 18.2 Å². The zero-order valence-corrected chi connectivity index (χ0v) is 10.5. The Morgan fingerprint density at radius 2 is 2.06 bits per heavy atom. The smallest absolute Gasteiger partial charge is 0.243 e. The second kappa shape index (κ2) is 4.95. The lowest BCUT2D eigenvalue weighted by atomic mass is 10.3. The number of carbonyl (C=O) groups excluding carboxylic acids is 1. The van der Waals surface area contributed by atoms with Crippen LogP contribution in [0.1, 0.15) is 6.42 Å². The molecule has 0 aromatic heterocycles. The van der Waals surface area contributed by atoms with E-state index in [-0.39, 0.29) is 36.1 Å². The van der Waals surface area contributed by atoms with Crippen LogP contribution < -0.4 is 5.32 Å². The number of carbonyl (C=O) groups is 1. The average Bonchev–Trinajstić information content (AvgIpc) is 2.54. The van der Waals surface area contributed by atoms with E-state index in [1.807, 2.05) is 0 Å². The molecule has 1 aromatic carbocycles. The van der Waals surface area contributed by atoms with Crippen molar-refractivity contribution in [3.05, 3.63) is 24.3 Å². The molecule has 6 nitrogen and oxygen atoms in total. The number of phenolic OH excluding ortho intramolecular Hbond substituents is 1. The lowest BCUT2D eigenvalue weighted by Crippen LogP contribution is -2.34. The van der Waals surface area contributed by atoms with E-state index in [0.717, 1.165) is 0 Å². The van der Waals surface area contributed by atoms with Crippen LogP contribution in [0.3, 0.4) is 0 Å². The van der Waals surface area contributed by atoms with Gasteiger partial charge in [0.15, 0.2) is 0 Å². The van der Waals surface area contributed by atoms with Gasteiger partial charge in [0.25, 0.3) is 0 Å². The molecular weight excluding hydrogens is 256 g/mol. The quantitative estimate of drug-likeness (QED) is 0.786. The van der Waals surface area contributed by atoms with E-state index in [0.29, 0.717) is 6.54 Å². The number of hydrogen-bond acceptors (Lipinski definition) is 4. The van der Waals surface area contributed by atoms with E-state index < -0.39 is 10.0 Å². The summed E-state index contributed by atoms with van der Waals surface area (Å²) in [6, 6.07) is 5.51. The lowest BCUT2D eigenvalue weighted by molar-refractivity contribution is -0.120. The van der Waals surface area contributed by atoms with Crippen LogP contribution in [0.4, 0.5) is 0 Å². The SMILES string of the molecule is O=C1CCN(S(=O)(=O)c2cccc(O)c2)CCN1. The first-order chi connectivity index (χ1) is 8.50. The fraction of sp³-hybridized carbons (Fsp3) is 0.364. The number of sulfonamides is 1. The van der Waals surface area contributed by atoms with Crippen molar-refractivity contribution in [1.29, 1.82) is 0 Å². The molecule has 18 heavy (non-hydrogen) atoms. The largest absolute Gasteiger partial charge is 0.508 e. The molecule has 1 fully saturated rings. The molecule has 1 aromatic rings. The molecule has 1 heterocycles. The van der Waals surface area contributed by atoms with Crippen LogP contribution >= 0.6 is 0 Å². The molecular formula is C11H14N2O4S. The van der Waals surface area contributed by atoms with Gasteiger partial charge < -0.3 is 10.4 Å². The fourth-order valence-electron chi connectivity index (χ4n) is 1.78. The minimum absolute atomic E-state index is 0.0387. The van der Waals surface area contributed by atoms with Gasteiger partial charge in [-0.15, -0.1) is 0 Å². The summed E-state index contributed by atoms with van der Waals surface area (Å²) in [5, 5.41) is 11.9. The van der Waals surface area contributed by atoms with Crippen molar-refractivity contribution in [2.45, 2.75) is 11.3 Å². The number of rotatable bonds is 2. The Balaban J connectivity index is 2.28. The summed E-state index contributed by atoms with van der Waals surface area (Å²) in [6.45, 7) is 0.699. The summed E-state index contributed by atoms with van der Waals surface area (Å²) >= 11 is 0. The fourth-order valence-corrected chi connectivity index (χ4v) is 3.26. The van der Waals surface area contributed by atoms with Crippen LogP contribution in [0.15, 0.2) is 29.2 Å². The molecule has 2 N–H and O–H groups in total. The molecule has 2 rings (SSSR count). The first-order valence-corrected chi connectivity index (χ1v) is 7.00. The Kier molecular flexibility index (Phi) is 3.53. The summed E-state index contributed by atoms with van der Waals surface area (Å²) in [4.78, 5) is 11.2. The maximum absolute atomic E-state index is 12.3. The predicted octanol–water partition coefficient (Wildman–Crippen LogP) is -0.0972. The van der Waals surface area contributed by atoms with Gasteiger partial charge in [0, 0.05) is 26.1 Å². The van der Waals surface area contributed by atoms with Crippen molar-refractivity contribution in [2.24, 2.45) is 0 Å². The maximum atomic E-state index is 12.3. The predicted molar refractivity (Wildman–Crippen MR) is 64.5 cm³/mol. The Morgan fingerprint density at radius 1 is 1.28 bits per heavy atom. The first kappa shape index (κ1) is 12.8. The number of benzene rings is 1. The Bertz CT molecular complexity index is 556. The van der Waals surface area contributed by atoms with Crippen LogP contribution in [0.25, 0.3) is 0 Å². The van der Waals surface area contributed by atoms with E-state index in [9.17, 15) is 18.3 Å². The minimum atomic E-state index is -3.65. The third-order valence-electron chi connectivity index (χ3n) is 2.73. The summed E-state index contributed by atoms with van der Waals surface area (Å²) in [5.74, 6) is -0.247. The molecule has 1 aliphatic rings. The van der Waals surface area contributed by atoms with Crippen LogP contribution in [-0.2, 0) is 14.8 Å². The van der Waals surface area contributed by atoms with Gasteiger partial charge in [0.1, 0.15) is 5.75 Å². The summed E-state index contributed by atoms with van der Waals surface area (Å²) in [6.07, 6.45) is 0.151. The normalized spacial score (nSPS) is 18.1. The summed E-state index contributed by atoms with van der Waals surface area (Å²) in [7, 11) is -3.65. The van der Waals surface area contributed by atoms with Crippen LogP contribution in [0.5, 0.6) is 5.75 Å². The van der Waals surface area contributed by atoms with Gasteiger partial charge in [-0.2, -0.15) is 4.31 Å². The van der Waals surface area contributed by atoms with Crippen LogP contribution in [0.2, 0.25) is 0 Å². The highest BCUT2D eigenvalue weighted by Gasteiger charge is 2.26. The van der Waals surface area contributed by atoms with Crippen molar-refractivity contribution < 1.29 is 18.3 Å². The zero-order valence-electron chi connectivity index (χ0n) is 9.67. The summed E-state index contributed by atoms with van der Waals surface area (Å²) < 4.78 is 25.8. The molecule has 0 aliphatic carbocycles. The molecule has 0 unspecified atom stereocenters. The zero-order chi connectivity index (χ0) is 13.2. The van der Waals surface area contributed by atoms with Gasteiger partial charge in [0.05, 0.1) is 4.90 Å². The third-order valence-corrected chi connectivity index (χ3v) is 4.62. The topological polar surface area (TPSA) is 86.7 Å². The number of hydrogen-bond donors (Lipinski definition) is 2. The molecule has 1 aliphatic heterocycles. The number of nitrogens with one attached hydrogen (secondary N) is 1. The number of phenols is 1. The van der Waals surface area contributed by atoms with E-state index >= 15 is 0 Å². The van der Waals surface area contributed by atoms with Gasteiger partial charge in [-0.3, -0.25) is 4.79 Å². The molecule has 0 saturated carbocycles. The van der Waals surface area contributed by atoms with E-state index in [1.165, 1.54) is 28.6 Å². The number of aromatic hydroxyl groups is 1. The first-order valence-electron chi connectivity index (χ1n) is 5.56. The van der Waals surface area contributed by atoms with Crippen molar-refractivity contribution in [1.82, 2.24) is 9.62 Å². The monoisotopic (exact) mass is 270 g/mol. The molecule has 98 valence electrons. The van der Waals surface area contributed by atoms with E-state index in [1.54, 1.807) is 0 Å². The highest BCUT2D eigenvalue weighted by molar-refractivity contribution is 7.89. The van der Waals surface area contributed by atoms with Gasteiger partial charge in [-0.25, -0.2) is 8.42 Å². The second-order valence-electron chi connectivity index (χ2n) is 4.00. The average molecular weight is 270 g/mol. The molecule has 1 saturated heterocycles. The van der Waals surface area contributed by atoms with Gasteiger partial charge >= 0.3 is 0 Å². The van der Waals surface area contributed by atoms with Crippen LogP contribution in [0, 0.1) is 0 Å². The summed E-state index contributed by atoms with van der Waals surface area (Å²) in [5.41, 5.74) is 0. The number of nitrogens with zero attached hydrogens (tertiary/aromatic N) is 1. The highest BCUT2D eigenvalue weighted by Crippen LogP contribution is 2.20. The molecule has 0 atom stereocenters. The highest BCUT2D eigenvalue weighted by atomic mass is 32.2. The number of amides is 1. The Labute approximate surface area is 105 Å². The second-order valence-corrected chi connectivity index (χ2v) is 5.94. The van der Waals surface area contributed by atoms with Crippen molar-refractivity contribution in [2.75, 3.05) is 19.6 Å². The lowest BCUT2D eigenvalue weighted by Gasteiger charge is -2.19. The standard InChI is InChI=1S/C11H14N2O4S/c14-9-2-1-3-10(8-9)18(16,17)13-6-4-11(15)12-5-7-13/h1-3,8,14H,4-7H2,(H,12,15). The van der Waals surface area contributed by atoms with Gasteiger partial charge in [-0.1, -0.05) is 6.07 Å². The maximum Gasteiger partial charge on any atom is 0.243 e.